The normalized spacial score (nSPS) is 12.0. The summed E-state index contributed by atoms with van der Waals surface area (Å²) in [7, 11) is 0. The highest BCUT2D eigenvalue weighted by Gasteiger charge is 2.13. The van der Waals surface area contributed by atoms with Gasteiger partial charge in [-0.25, -0.2) is 0 Å². The number of nitrogens with one attached hydrogen (secondary N) is 1. The van der Waals surface area contributed by atoms with E-state index in [9.17, 15) is 0 Å². The van der Waals surface area contributed by atoms with Crippen LogP contribution >= 0.6 is 0 Å². The third-order valence-electron chi connectivity index (χ3n) is 3.01. The van der Waals surface area contributed by atoms with Gasteiger partial charge in [-0.15, -0.1) is 0 Å². The summed E-state index contributed by atoms with van der Waals surface area (Å²) in [6.07, 6.45) is 1.81. The van der Waals surface area contributed by atoms with Crippen LogP contribution in [0.15, 0.2) is 16.7 Å². The van der Waals surface area contributed by atoms with Crippen LogP contribution in [0.3, 0.4) is 0 Å². The molecule has 0 aliphatic carbocycles. The van der Waals surface area contributed by atoms with Crippen LogP contribution in [0.4, 0.5) is 0 Å². The third-order valence-corrected chi connectivity index (χ3v) is 3.01. The van der Waals surface area contributed by atoms with Crippen molar-refractivity contribution in [2.75, 3.05) is 19.6 Å². The van der Waals surface area contributed by atoms with Gasteiger partial charge in [0.05, 0.1) is 12.8 Å². The van der Waals surface area contributed by atoms with Gasteiger partial charge in [0, 0.05) is 25.2 Å². The molecule has 3 nitrogen and oxygen atoms in total. The first-order chi connectivity index (χ1) is 9.02. The molecule has 0 aliphatic heterocycles. The minimum absolute atomic E-state index is 0.697. The first-order valence-corrected chi connectivity index (χ1v) is 7.51. The van der Waals surface area contributed by atoms with Crippen LogP contribution in [0.1, 0.15) is 45.9 Å². The molecule has 1 N–H and O–H groups in total. The van der Waals surface area contributed by atoms with Crippen LogP contribution in [-0.4, -0.2) is 24.5 Å². The Hall–Kier alpha value is -0.800. The van der Waals surface area contributed by atoms with Crippen LogP contribution in [0.2, 0.25) is 0 Å². The molecule has 110 valence electrons. The molecule has 0 aromatic carbocycles. The largest absolute Gasteiger partial charge is 0.468 e. The minimum atomic E-state index is 0.697. The Morgan fingerprint density at radius 3 is 2.32 bits per heavy atom. The van der Waals surface area contributed by atoms with E-state index in [4.69, 9.17) is 4.42 Å². The summed E-state index contributed by atoms with van der Waals surface area (Å²) < 4.78 is 5.59. The van der Waals surface area contributed by atoms with Crippen molar-refractivity contribution in [2.24, 2.45) is 11.8 Å². The molecule has 0 spiro atoms. The monoisotopic (exact) mass is 266 g/mol. The number of rotatable bonds is 9. The molecule has 0 saturated heterocycles. The maximum Gasteiger partial charge on any atom is 0.122 e. The van der Waals surface area contributed by atoms with E-state index in [0.29, 0.717) is 11.8 Å². The predicted molar refractivity (Wildman–Crippen MR) is 81.0 cm³/mol. The van der Waals surface area contributed by atoms with Crippen molar-refractivity contribution in [3.05, 3.63) is 23.7 Å². The fourth-order valence-corrected chi connectivity index (χ4v) is 2.38. The number of nitrogens with zero attached hydrogens (tertiary/aromatic N) is 1. The smallest absolute Gasteiger partial charge is 0.122 e. The van der Waals surface area contributed by atoms with Gasteiger partial charge in [-0.2, -0.15) is 0 Å². The Kier molecular flexibility index (Phi) is 7.17. The Balaban J connectivity index is 2.64. The average Bonchev–Trinajstić information content (AvgIpc) is 2.72. The van der Waals surface area contributed by atoms with Gasteiger partial charge in [0.1, 0.15) is 5.76 Å². The molecule has 0 fully saturated rings. The lowest BCUT2D eigenvalue weighted by molar-refractivity contribution is 0.210. The summed E-state index contributed by atoms with van der Waals surface area (Å²) >= 11 is 0. The van der Waals surface area contributed by atoms with Gasteiger partial charge >= 0.3 is 0 Å². The highest BCUT2D eigenvalue weighted by molar-refractivity contribution is 5.16. The Bertz CT molecular complexity index is 334. The van der Waals surface area contributed by atoms with E-state index >= 15 is 0 Å². The van der Waals surface area contributed by atoms with Gasteiger partial charge in [-0.05, 0) is 24.4 Å². The van der Waals surface area contributed by atoms with Crippen molar-refractivity contribution in [3.8, 4) is 0 Å². The SMILES string of the molecule is CCNCc1occc1CN(CC(C)C)CC(C)C. The number of hydrogen-bond donors (Lipinski definition) is 1. The minimum Gasteiger partial charge on any atom is -0.468 e. The molecule has 0 amide bonds. The highest BCUT2D eigenvalue weighted by atomic mass is 16.3. The molecule has 19 heavy (non-hydrogen) atoms. The molecule has 0 bridgehead atoms. The van der Waals surface area contributed by atoms with Crippen molar-refractivity contribution in [1.29, 1.82) is 0 Å². The van der Waals surface area contributed by atoms with E-state index in [2.05, 4.69) is 50.9 Å². The van der Waals surface area contributed by atoms with Crippen molar-refractivity contribution in [2.45, 2.75) is 47.7 Å². The molecule has 1 heterocycles. The van der Waals surface area contributed by atoms with Gasteiger partial charge in [0.2, 0.25) is 0 Å². The van der Waals surface area contributed by atoms with Crippen molar-refractivity contribution in [1.82, 2.24) is 10.2 Å². The Morgan fingerprint density at radius 1 is 1.16 bits per heavy atom. The van der Waals surface area contributed by atoms with Gasteiger partial charge in [-0.3, -0.25) is 4.90 Å². The van der Waals surface area contributed by atoms with E-state index in [1.807, 2.05) is 6.26 Å². The molecular weight excluding hydrogens is 236 g/mol. The van der Waals surface area contributed by atoms with E-state index in [1.165, 1.54) is 5.56 Å². The predicted octanol–water partition coefficient (Wildman–Crippen LogP) is 3.50. The highest BCUT2D eigenvalue weighted by Crippen LogP contribution is 2.15. The Labute approximate surface area is 118 Å². The standard InChI is InChI=1S/C16H30N2O/c1-6-17-9-16-15(7-8-19-16)12-18(10-13(2)3)11-14(4)5/h7-8,13-14,17H,6,9-12H2,1-5H3. The van der Waals surface area contributed by atoms with E-state index in [0.717, 1.165) is 38.5 Å². The van der Waals surface area contributed by atoms with Gasteiger partial charge in [-0.1, -0.05) is 34.6 Å². The molecule has 3 heteroatoms. The fourth-order valence-electron chi connectivity index (χ4n) is 2.38. The van der Waals surface area contributed by atoms with Crippen molar-refractivity contribution < 1.29 is 4.42 Å². The van der Waals surface area contributed by atoms with Crippen molar-refractivity contribution >= 4 is 0 Å². The van der Waals surface area contributed by atoms with E-state index in [-0.39, 0.29) is 0 Å². The van der Waals surface area contributed by atoms with Gasteiger partial charge in [0.25, 0.3) is 0 Å². The fraction of sp³-hybridized carbons (Fsp3) is 0.750. The number of furan rings is 1. The third kappa shape index (κ3) is 6.26. The maximum absolute atomic E-state index is 5.59. The summed E-state index contributed by atoms with van der Waals surface area (Å²) in [5, 5.41) is 3.33. The van der Waals surface area contributed by atoms with Gasteiger partial charge < -0.3 is 9.73 Å². The molecule has 0 radical (unpaired) electrons. The first kappa shape index (κ1) is 16.3. The zero-order valence-corrected chi connectivity index (χ0v) is 13.2. The molecule has 0 atom stereocenters. The quantitative estimate of drug-likeness (QED) is 0.741. The summed E-state index contributed by atoms with van der Waals surface area (Å²) in [5.74, 6) is 2.48. The molecule has 0 aliphatic rings. The second-order valence-corrected chi connectivity index (χ2v) is 6.13. The molecule has 1 rings (SSSR count). The van der Waals surface area contributed by atoms with E-state index < -0.39 is 0 Å². The second kappa shape index (κ2) is 8.39. The first-order valence-electron chi connectivity index (χ1n) is 7.51. The lowest BCUT2D eigenvalue weighted by Gasteiger charge is -2.26. The van der Waals surface area contributed by atoms with E-state index in [1.54, 1.807) is 0 Å². The Morgan fingerprint density at radius 2 is 1.79 bits per heavy atom. The molecule has 1 aromatic rings. The van der Waals surface area contributed by atoms with Gasteiger partial charge in [0.15, 0.2) is 0 Å². The van der Waals surface area contributed by atoms with Crippen LogP contribution in [0, 0.1) is 11.8 Å². The second-order valence-electron chi connectivity index (χ2n) is 6.13. The van der Waals surface area contributed by atoms with Crippen molar-refractivity contribution in [3.63, 3.8) is 0 Å². The summed E-state index contributed by atoms with van der Waals surface area (Å²) in [6.45, 7) is 16.3. The molecule has 1 aromatic heterocycles. The lowest BCUT2D eigenvalue weighted by Crippen LogP contribution is -2.31. The van der Waals surface area contributed by atoms with Crippen LogP contribution in [-0.2, 0) is 13.1 Å². The molecule has 0 unspecified atom stereocenters. The lowest BCUT2D eigenvalue weighted by atomic mass is 10.1. The zero-order chi connectivity index (χ0) is 14.3. The average molecular weight is 266 g/mol. The maximum atomic E-state index is 5.59. The summed E-state index contributed by atoms with van der Waals surface area (Å²) in [5.41, 5.74) is 1.32. The topological polar surface area (TPSA) is 28.4 Å². The number of hydrogen-bond acceptors (Lipinski definition) is 3. The molecule has 0 saturated carbocycles. The summed E-state index contributed by atoms with van der Waals surface area (Å²) in [4.78, 5) is 2.54. The zero-order valence-electron chi connectivity index (χ0n) is 13.2. The molecular formula is C16H30N2O. The van der Waals surface area contributed by atoms with Crippen LogP contribution in [0.5, 0.6) is 0 Å². The van der Waals surface area contributed by atoms with Crippen LogP contribution < -0.4 is 5.32 Å². The van der Waals surface area contributed by atoms with Crippen LogP contribution in [0.25, 0.3) is 0 Å². The summed E-state index contributed by atoms with van der Waals surface area (Å²) in [6, 6.07) is 2.11.